The summed E-state index contributed by atoms with van der Waals surface area (Å²) in [5.74, 6) is -2.18. The molecule has 2 amide bonds. The van der Waals surface area contributed by atoms with Crippen LogP contribution < -0.4 is 10.6 Å². The van der Waals surface area contributed by atoms with E-state index in [0.29, 0.717) is 4.47 Å². The van der Waals surface area contributed by atoms with Crippen molar-refractivity contribution < 1.29 is 19.5 Å². The van der Waals surface area contributed by atoms with Crippen molar-refractivity contribution in [2.24, 2.45) is 0 Å². The van der Waals surface area contributed by atoms with Gasteiger partial charge in [-0.2, -0.15) is 0 Å². The summed E-state index contributed by atoms with van der Waals surface area (Å²) in [5.41, 5.74) is 4.12. The maximum absolute atomic E-state index is 13.2. The Bertz CT molecular complexity index is 1450. The Hall–Kier alpha value is -4.49. The van der Waals surface area contributed by atoms with Gasteiger partial charge in [0.1, 0.15) is 6.04 Å². The van der Waals surface area contributed by atoms with E-state index in [-0.39, 0.29) is 17.7 Å². The van der Waals surface area contributed by atoms with Gasteiger partial charge in [-0.15, -0.1) is 0 Å². The number of aliphatic carboxylic acids is 1. The van der Waals surface area contributed by atoms with E-state index in [0.717, 1.165) is 22.3 Å². The summed E-state index contributed by atoms with van der Waals surface area (Å²) in [6, 6.07) is 30.4. The molecule has 0 aliphatic heterocycles. The third-order valence-corrected chi connectivity index (χ3v) is 6.31. The van der Waals surface area contributed by atoms with Gasteiger partial charge >= 0.3 is 5.97 Å². The first kappa shape index (κ1) is 26.6. The summed E-state index contributed by atoms with van der Waals surface area (Å²) in [4.78, 5) is 37.7. The van der Waals surface area contributed by atoms with Gasteiger partial charge in [0.05, 0.1) is 11.3 Å². The van der Waals surface area contributed by atoms with Crippen LogP contribution >= 0.6 is 15.9 Å². The number of rotatable bonds is 9. The molecule has 0 saturated heterocycles. The van der Waals surface area contributed by atoms with Crippen molar-refractivity contribution in [3.8, 4) is 11.1 Å². The topological polar surface area (TPSA) is 95.5 Å². The highest BCUT2D eigenvalue weighted by Crippen LogP contribution is 2.23. The number of carbonyl (C=O) groups excluding carboxylic acids is 2. The first-order chi connectivity index (χ1) is 18.4. The molecular formula is C31H25BrN2O4. The molecular weight excluding hydrogens is 544 g/mol. The van der Waals surface area contributed by atoms with E-state index >= 15 is 0 Å². The minimum atomic E-state index is -1.16. The first-order valence-corrected chi connectivity index (χ1v) is 12.7. The van der Waals surface area contributed by atoms with Gasteiger partial charge in [0.15, 0.2) is 0 Å². The van der Waals surface area contributed by atoms with Gasteiger partial charge in [-0.25, -0.2) is 4.79 Å². The van der Waals surface area contributed by atoms with E-state index in [2.05, 4.69) is 26.6 Å². The molecule has 0 saturated carbocycles. The van der Waals surface area contributed by atoms with Crippen molar-refractivity contribution in [2.45, 2.75) is 12.5 Å². The van der Waals surface area contributed by atoms with Crippen LogP contribution in [-0.2, 0) is 16.0 Å². The van der Waals surface area contributed by atoms with Crippen molar-refractivity contribution in [1.82, 2.24) is 5.32 Å². The molecule has 0 aliphatic carbocycles. The monoisotopic (exact) mass is 568 g/mol. The van der Waals surface area contributed by atoms with Gasteiger partial charge in [0, 0.05) is 17.0 Å². The van der Waals surface area contributed by atoms with E-state index in [1.165, 1.54) is 6.08 Å². The van der Waals surface area contributed by atoms with Crippen LogP contribution in [0.2, 0.25) is 0 Å². The Kier molecular flexibility index (Phi) is 8.85. The van der Waals surface area contributed by atoms with Crippen molar-refractivity contribution >= 4 is 45.5 Å². The number of carbonyl (C=O) groups is 3. The lowest BCUT2D eigenvalue weighted by atomic mass is 10.0. The van der Waals surface area contributed by atoms with Crippen LogP contribution in [0, 0.1) is 0 Å². The molecule has 1 atom stereocenters. The first-order valence-electron chi connectivity index (χ1n) is 11.9. The van der Waals surface area contributed by atoms with Gasteiger partial charge in [-0.1, -0.05) is 101 Å². The van der Waals surface area contributed by atoms with Gasteiger partial charge in [0.2, 0.25) is 5.91 Å². The smallest absolute Gasteiger partial charge is 0.326 e. The van der Waals surface area contributed by atoms with E-state index in [1.54, 1.807) is 24.3 Å². The van der Waals surface area contributed by atoms with Crippen LogP contribution in [-0.4, -0.2) is 28.9 Å². The number of nitrogens with one attached hydrogen (secondary N) is 2. The second kappa shape index (κ2) is 12.7. The molecule has 38 heavy (non-hydrogen) atoms. The summed E-state index contributed by atoms with van der Waals surface area (Å²) >= 11 is 3.34. The number of benzene rings is 4. The number of halogens is 1. The fraction of sp³-hybridized carbons (Fsp3) is 0.0645. The maximum Gasteiger partial charge on any atom is 0.326 e. The molecule has 0 spiro atoms. The zero-order valence-corrected chi connectivity index (χ0v) is 21.9. The number of amides is 2. The lowest BCUT2D eigenvalue weighted by Crippen LogP contribution is -2.42. The molecule has 6 nitrogen and oxygen atoms in total. The summed E-state index contributed by atoms with van der Waals surface area (Å²) in [6.45, 7) is 0. The summed E-state index contributed by atoms with van der Waals surface area (Å²) in [6.07, 6.45) is 3.14. The summed E-state index contributed by atoms with van der Waals surface area (Å²) < 4.78 is 0.615. The Morgan fingerprint density at radius 1 is 0.816 bits per heavy atom. The quantitative estimate of drug-likeness (QED) is 0.210. The molecule has 3 N–H and O–H groups in total. The molecule has 190 valence electrons. The molecule has 4 aromatic rings. The number of anilines is 1. The van der Waals surface area contributed by atoms with Crippen molar-refractivity contribution in [3.63, 3.8) is 0 Å². The third kappa shape index (κ3) is 7.27. The van der Waals surface area contributed by atoms with Crippen LogP contribution in [0.5, 0.6) is 0 Å². The zero-order chi connectivity index (χ0) is 26.9. The van der Waals surface area contributed by atoms with Crippen molar-refractivity contribution in [2.75, 3.05) is 5.32 Å². The lowest BCUT2D eigenvalue weighted by molar-refractivity contribution is -0.139. The van der Waals surface area contributed by atoms with E-state index < -0.39 is 23.8 Å². The Morgan fingerprint density at radius 3 is 2.11 bits per heavy atom. The summed E-state index contributed by atoms with van der Waals surface area (Å²) in [7, 11) is 0. The average Bonchev–Trinajstić information content (AvgIpc) is 2.94. The molecule has 0 heterocycles. The third-order valence-electron chi connectivity index (χ3n) is 5.82. The number of hydrogen-bond donors (Lipinski definition) is 3. The predicted octanol–water partition coefficient (Wildman–Crippen LogP) is 6.19. The standard InChI is InChI=1S/C31H25BrN2O4/c32-25-16-17-27(33-29(35)18-13-21-7-3-1-4-8-21)26(20-25)30(36)34-28(31(37)38)19-22-11-14-24(15-12-22)23-9-5-2-6-10-23/h1-18,20,28H,19H2,(H,33,35)(H,34,36)(H,37,38)/b18-13+. The van der Waals surface area contributed by atoms with E-state index in [1.807, 2.05) is 84.9 Å². The largest absolute Gasteiger partial charge is 0.480 e. The van der Waals surface area contributed by atoms with Gasteiger partial charge < -0.3 is 15.7 Å². The molecule has 1 unspecified atom stereocenters. The molecule has 0 bridgehead atoms. The predicted molar refractivity (Wildman–Crippen MR) is 153 cm³/mol. The molecule has 4 rings (SSSR count). The van der Waals surface area contributed by atoms with Crippen LogP contribution in [0.4, 0.5) is 5.69 Å². The number of carboxylic acids is 1. The molecule has 0 radical (unpaired) electrons. The highest BCUT2D eigenvalue weighted by molar-refractivity contribution is 9.10. The average molecular weight is 569 g/mol. The number of carboxylic acid groups (broad SMARTS) is 1. The SMILES string of the molecule is O=C(/C=C/c1ccccc1)Nc1ccc(Br)cc1C(=O)NC(Cc1ccc(-c2ccccc2)cc1)C(=O)O. The zero-order valence-electron chi connectivity index (χ0n) is 20.3. The van der Waals surface area contributed by atoms with Crippen molar-refractivity contribution in [1.29, 1.82) is 0 Å². The Labute approximate surface area is 229 Å². The number of hydrogen-bond acceptors (Lipinski definition) is 3. The second-order valence-corrected chi connectivity index (χ2v) is 9.47. The van der Waals surface area contributed by atoms with Crippen molar-refractivity contribution in [3.05, 3.63) is 130 Å². The summed E-state index contributed by atoms with van der Waals surface area (Å²) in [5, 5.41) is 15.1. The highest BCUT2D eigenvalue weighted by Gasteiger charge is 2.23. The van der Waals surface area contributed by atoms with Crippen LogP contribution in [0.15, 0.2) is 114 Å². The highest BCUT2D eigenvalue weighted by atomic mass is 79.9. The van der Waals surface area contributed by atoms with Crippen LogP contribution in [0.1, 0.15) is 21.5 Å². The lowest BCUT2D eigenvalue weighted by Gasteiger charge is -2.17. The van der Waals surface area contributed by atoms with E-state index in [4.69, 9.17) is 0 Å². The fourth-order valence-corrected chi connectivity index (χ4v) is 4.22. The molecule has 0 fully saturated rings. The van der Waals surface area contributed by atoms with Gasteiger partial charge in [0.25, 0.3) is 5.91 Å². The Balaban J connectivity index is 1.46. The fourth-order valence-electron chi connectivity index (χ4n) is 3.86. The van der Waals surface area contributed by atoms with Gasteiger partial charge in [-0.3, -0.25) is 9.59 Å². The molecule has 7 heteroatoms. The van der Waals surface area contributed by atoms with E-state index in [9.17, 15) is 19.5 Å². The van der Waals surface area contributed by atoms with Gasteiger partial charge in [-0.05, 0) is 46.5 Å². The minimum absolute atomic E-state index is 0.103. The molecule has 0 aromatic heterocycles. The van der Waals surface area contributed by atoms with Crippen LogP contribution in [0.3, 0.4) is 0 Å². The molecule has 0 aliphatic rings. The maximum atomic E-state index is 13.2. The second-order valence-electron chi connectivity index (χ2n) is 8.55. The minimum Gasteiger partial charge on any atom is -0.480 e. The molecule has 4 aromatic carbocycles. The normalized spacial score (nSPS) is 11.6. The van der Waals surface area contributed by atoms with Crippen LogP contribution in [0.25, 0.3) is 17.2 Å². The Morgan fingerprint density at radius 2 is 1.45 bits per heavy atom.